The summed E-state index contributed by atoms with van der Waals surface area (Å²) in [5.74, 6) is 0.675. The van der Waals surface area contributed by atoms with Crippen molar-refractivity contribution in [3.8, 4) is 0 Å². The summed E-state index contributed by atoms with van der Waals surface area (Å²) in [5.41, 5.74) is 8.63. The molecule has 0 aliphatic carbocycles. The van der Waals surface area contributed by atoms with E-state index in [0.29, 0.717) is 12.0 Å². The van der Waals surface area contributed by atoms with Crippen LogP contribution in [-0.4, -0.2) is 30.6 Å². The van der Waals surface area contributed by atoms with Gasteiger partial charge in [0.2, 0.25) is 0 Å². The molecule has 2 heteroatoms. The molecular weight excluding hydrogens is 232 g/mol. The Balaban J connectivity index is 1.95. The molecule has 0 aromatic heterocycles. The number of nitrogens with zero attached hydrogens (tertiary/aromatic N) is 1. The van der Waals surface area contributed by atoms with Gasteiger partial charge in [-0.25, -0.2) is 0 Å². The van der Waals surface area contributed by atoms with E-state index < -0.39 is 0 Å². The first-order chi connectivity index (χ1) is 9.24. The van der Waals surface area contributed by atoms with E-state index in [1.807, 2.05) is 0 Å². The van der Waals surface area contributed by atoms with Crippen molar-refractivity contribution < 1.29 is 0 Å². The SMILES string of the molecule is CCC(C)c1ccc(CC2CCCN2CCN)cc1. The third-order valence-electron chi connectivity index (χ3n) is 4.55. The van der Waals surface area contributed by atoms with Crippen molar-refractivity contribution in [3.05, 3.63) is 35.4 Å². The zero-order valence-electron chi connectivity index (χ0n) is 12.4. The molecule has 106 valence electrons. The fourth-order valence-corrected chi connectivity index (χ4v) is 3.08. The van der Waals surface area contributed by atoms with Crippen LogP contribution < -0.4 is 5.73 Å². The van der Waals surface area contributed by atoms with Crippen LogP contribution in [0.3, 0.4) is 0 Å². The molecule has 1 aromatic rings. The van der Waals surface area contributed by atoms with Crippen LogP contribution in [0.25, 0.3) is 0 Å². The first kappa shape index (κ1) is 14.5. The Morgan fingerprint density at radius 1 is 1.32 bits per heavy atom. The van der Waals surface area contributed by atoms with Gasteiger partial charge >= 0.3 is 0 Å². The Bertz CT molecular complexity index is 371. The lowest BCUT2D eigenvalue weighted by molar-refractivity contribution is 0.259. The molecule has 1 fully saturated rings. The summed E-state index contributed by atoms with van der Waals surface area (Å²) in [6, 6.07) is 9.97. The molecule has 19 heavy (non-hydrogen) atoms. The first-order valence-corrected chi connectivity index (χ1v) is 7.77. The van der Waals surface area contributed by atoms with Gasteiger partial charge in [0.05, 0.1) is 0 Å². The highest BCUT2D eigenvalue weighted by Gasteiger charge is 2.23. The molecule has 1 heterocycles. The zero-order valence-corrected chi connectivity index (χ0v) is 12.4. The number of nitrogens with two attached hydrogens (primary N) is 1. The van der Waals surface area contributed by atoms with E-state index in [0.717, 1.165) is 13.1 Å². The van der Waals surface area contributed by atoms with E-state index in [1.165, 1.54) is 43.4 Å². The molecule has 0 bridgehead atoms. The fourth-order valence-electron chi connectivity index (χ4n) is 3.08. The molecule has 2 atom stereocenters. The average molecular weight is 260 g/mol. The van der Waals surface area contributed by atoms with Crippen molar-refractivity contribution in [2.45, 2.75) is 51.5 Å². The van der Waals surface area contributed by atoms with Crippen molar-refractivity contribution in [3.63, 3.8) is 0 Å². The van der Waals surface area contributed by atoms with Gasteiger partial charge in [-0.3, -0.25) is 4.90 Å². The summed E-state index contributed by atoms with van der Waals surface area (Å²) in [4.78, 5) is 2.56. The molecule has 0 radical (unpaired) electrons. The molecule has 2 N–H and O–H groups in total. The van der Waals surface area contributed by atoms with Crippen LogP contribution >= 0.6 is 0 Å². The van der Waals surface area contributed by atoms with Crippen LogP contribution in [0.1, 0.15) is 50.2 Å². The maximum absolute atomic E-state index is 5.69. The largest absolute Gasteiger partial charge is 0.329 e. The second-order valence-electron chi connectivity index (χ2n) is 5.88. The maximum Gasteiger partial charge on any atom is 0.0137 e. The van der Waals surface area contributed by atoms with Crippen LogP contribution in [0.4, 0.5) is 0 Å². The first-order valence-electron chi connectivity index (χ1n) is 7.77. The van der Waals surface area contributed by atoms with E-state index >= 15 is 0 Å². The van der Waals surface area contributed by atoms with Gasteiger partial charge in [0.1, 0.15) is 0 Å². The number of hydrogen-bond acceptors (Lipinski definition) is 2. The second-order valence-corrected chi connectivity index (χ2v) is 5.88. The van der Waals surface area contributed by atoms with Crippen molar-refractivity contribution >= 4 is 0 Å². The molecule has 0 amide bonds. The lowest BCUT2D eigenvalue weighted by Gasteiger charge is -2.24. The number of rotatable bonds is 6. The fraction of sp³-hybridized carbons (Fsp3) is 0.647. The third-order valence-corrected chi connectivity index (χ3v) is 4.55. The minimum absolute atomic E-state index is 0.675. The smallest absolute Gasteiger partial charge is 0.0137 e. The van der Waals surface area contributed by atoms with E-state index in [-0.39, 0.29) is 0 Å². The van der Waals surface area contributed by atoms with E-state index in [4.69, 9.17) is 5.73 Å². The molecule has 1 aromatic carbocycles. The molecule has 1 aliphatic rings. The summed E-state index contributed by atoms with van der Waals surface area (Å²) in [7, 11) is 0. The Morgan fingerprint density at radius 3 is 2.68 bits per heavy atom. The van der Waals surface area contributed by atoms with Gasteiger partial charge in [0, 0.05) is 19.1 Å². The summed E-state index contributed by atoms with van der Waals surface area (Å²) in [5, 5.41) is 0. The van der Waals surface area contributed by atoms with E-state index in [2.05, 4.69) is 43.0 Å². The lowest BCUT2D eigenvalue weighted by Crippen LogP contribution is -2.35. The van der Waals surface area contributed by atoms with Gasteiger partial charge in [-0.05, 0) is 49.3 Å². The van der Waals surface area contributed by atoms with E-state index in [1.54, 1.807) is 0 Å². The standard InChI is InChI=1S/C17H28N2/c1-3-14(2)16-8-6-15(7-9-16)13-17-5-4-11-19(17)12-10-18/h6-9,14,17H,3-5,10-13,18H2,1-2H3. The van der Waals surface area contributed by atoms with Gasteiger partial charge in [0.15, 0.2) is 0 Å². The topological polar surface area (TPSA) is 29.3 Å². The highest BCUT2D eigenvalue weighted by atomic mass is 15.2. The molecule has 2 rings (SSSR count). The highest BCUT2D eigenvalue weighted by Crippen LogP contribution is 2.23. The Morgan fingerprint density at radius 2 is 2.05 bits per heavy atom. The monoisotopic (exact) mass is 260 g/mol. The van der Waals surface area contributed by atoms with Gasteiger partial charge in [-0.2, -0.15) is 0 Å². The molecule has 1 saturated heterocycles. The number of benzene rings is 1. The summed E-state index contributed by atoms with van der Waals surface area (Å²) in [6.45, 7) is 7.61. The predicted octanol–water partition coefficient (Wildman–Crippen LogP) is 3.17. The van der Waals surface area contributed by atoms with Gasteiger partial charge in [0.25, 0.3) is 0 Å². The average Bonchev–Trinajstić information content (AvgIpc) is 2.86. The Kier molecular flexibility index (Phi) is 5.41. The Hall–Kier alpha value is -0.860. The maximum atomic E-state index is 5.69. The molecular formula is C17H28N2. The molecule has 2 unspecified atom stereocenters. The predicted molar refractivity (Wildman–Crippen MR) is 82.5 cm³/mol. The molecule has 1 aliphatic heterocycles. The van der Waals surface area contributed by atoms with Crippen molar-refractivity contribution in [2.24, 2.45) is 5.73 Å². The number of hydrogen-bond donors (Lipinski definition) is 1. The number of likely N-dealkylation sites (tertiary alicyclic amines) is 1. The van der Waals surface area contributed by atoms with Crippen LogP contribution in [0.5, 0.6) is 0 Å². The van der Waals surface area contributed by atoms with Crippen molar-refractivity contribution in [1.82, 2.24) is 4.90 Å². The minimum atomic E-state index is 0.675. The Labute approximate surface area is 118 Å². The van der Waals surface area contributed by atoms with E-state index in [9.17, 15) is 0 Å². The van der Waals surface area contributed by atoms with Crippen LogP contribution in [0.15, 0.2) is 24.3 Å². The molecule has 0 saturated carbocycles. The quantitative estimate of drug-likeness (QED) is 0.851. The summed E-state index contributed by atoms with van der Waals surface area (Å²) < 4.78 is 0. The molecule has 2 nitrogen and oxygen atoms in total. The van der Waals surface area contributed by atoms with Crippen LogP contribution in [0.2, 0.25) is 0 Å². The summed E-state index contributed by atoms with van der Waals surface area (Å²) >= 11 is 0. The lowest BCUT2D eigenvalue weighted by atomic mass is 9.96. The third kappa shape index (κ3) is 3.80. The second kappa shape index (κ2) is 7.06. The minimum Gasteiger partial charge on any atom is -0.329 e. The molecule has 0 spiro atoms. The van der Waals surface area contributed by atoms with Crippen molar-refractivity contribution in [2.75, 3.05) is 19.6 Å². The zero-order chi connectivity index (χ0) is 13.7. The van der Waals surface area contributed by atoms with Crippen molar-refractivity contribution in [1.29, 1.82) is 0 Å². The van der Waals surface area contributed by atoms with Gasteiger partial charge in [-0.15, -0.1) is 0 Å². The highest BCUT2D eigenvalue weighted by molar-refractivity contribution is 5.25. The van der Waals surface area contributed by atoms with Gasteiger partial charge in [-0.1, -0.05) is 38.1 Å². The van der Waals surface area contributed by atoms with Crippen LogP contribution in [-0.2, 0) is 6.42 Å². The van der Waals surface area contributed by atoms with Gasteiger partial charge < -0.3 is 5.73 Å². The van der Waals surface area contributed by atoms with Crippen LogP contribution in [0, 0.1) is 0 Å². The normalized spacial score (nSPS) is 21.7. The summed E-state index contributed by atoms with van der Waals surface area (Å²) in [6.07, 6.45) is 5.05.